The second-order valence-electron chi connectivity index (χ2n) is 14.0. The molecule has 4 atom stereocenters. The van der Waals surface area contributed by atoms with Crippen LogP contribution in [0.5, 0.6) is 0 Å². The van der Waals surface area contributed by atoms with Gasteiger partial charge in [0.05, 0.1) is 9.79 Å². The Hall–Kier alpha value is -3.65. The predicted molar refractivity (Wildman–Crippen MR) is 193 cm³/mol. The molecule has 1 heterocycles. The fourth-order valence-electron chi connectivity index (χ4n) is 7.76. The molecule has 11 nitrogen and oxygen atoms in total. The monoisotopic (exact) mass is 723 g/mol. The first-order valence-corrected chi connectivity index (χ1v) is 20.3. The number of nitrogens with zero attached hydrogens (tertiary/aromatic N) is 1. The van der Waals surface area contributed by atoms with E-state index in [9.17, 15) is 26.4 Å². The number of amides is 2. The lowest BCUT2D eigenvalue weighted by Gasteiger charge is -2.33. The highest BCUT2D eigenvalue weighted by molar-refractivity contribution is 7.90. The molecule has 2 aromatic carbocycles. The predicted octanol–water partition coefficient (Wildman–Crippen LogP) is 4.97. The average Bonchev–Trinajstić information content (AvgIpc) is 3.01. The van der Waals surface area contributed by atoms with Crippen LogP contribution in [0.3, 0.4) is 0 Å². The summed E-state index contributed by atoms with van der Waals surface area (Å²) in [5.74, 6) is -1.02. The van der Waals surface area contributed by atoms with E-state index in [4.69, 9.17) is 0 Å². The average molecular weight is 724 g/mol. The van der Waals surface area contributed by atoms with Crippen LogP contribution in [0, 0.1) is 41.5 Å². The van der Waals surface area contributed by atoms with Crippen molar-refractivity contribution in [3.63, 3.8) is 0 Å². The normalized spacial score (nSPS) is 21.4. The number of sulfonamides is 2. The van der Waals surface area contributed by atoms with Gasteiger partial charge < -0.3 is 10.6 Å². The van der Waals surface area contributed by atoms with Crippen LogP contribution in [0.4, 0.5) is 0 Å². The summed E-state index contributed by atoms with van der Waals surface area (Å²) in [7, 11) is -7.71. The smallest absolute Gasteiger partial charge is 0.270 e. The zero-order valence-corrected chi connectivity index (χ0v) is 31.4. The highest BCUT2D eigenvalue weighted by atomic mass is 32.2. The number of carbonyl (C=O) groups excluding carboxylic acids is 2. The highest BCUT2D eigenvalue weighted by Gasteiger charge is 2.34. The number of pyridine rings is 1. The van der Waals surface area contributed by atoms with Gasteiger partial charge in [0.1, 0.15) is 11.4 Å². The Morgan fingerprint density at radius 1 is 0.560 bits per heavy atom. The molecule has 0 saturated heterocycles. The van der Waals surface area contributed by atoms with Crippen molar-refractivity contribution < 1.29 is 26.4 Å². The van der Waals surface area contributed by atoms with Crippen molar-refractivity contribution in [1.82, 2.24) is 25.1 Å². The number of nitrogens with one attached hydrogen (secondary N) is 4. The molecule has 4 N–H and O–H groups in total. The van der Waals surface area contributed by atoms with E-state index in [1.54, 1.807) is 33.8 Å². The van der Waals surface area contributed by atoms with E-state index in [-0.39, 0.29) is 21.2 Å². The minimum absolute atomic E-state index is 0.0290. The van der Waals surface area contributed by atoms with Crippen molar-refractivity contribution in [2.45, 2.75) is 127 Å². The van der Waals surface area contributed by atoms with Crippen molar-refractivity contribution in [2.24, 2.45) is 0 Å². The van der Waals surface area contributed by atoms with Gasteiger partial charge in [-0.05, 0) is 102 Å². The summed E-state index contributed by atoms with van der Waals surface area (Å²) in [6.45, 7) is 11.0. The summed E-state index contributed by atoms with van der Waals surface area (Å²) < 4.78 is 59.8. The number of hydrogen-bond donors (Lipinski definition) is 4. The number of rotatable bonds is 10. The van der Waals surface area contributed by atoms with Gasteiger partial charge in [-0.25, -0.2) is 31.3 Å². The maximum absolute atomic E-state index is 13.5. The van der Waals surface area contributed by atoms with Crippen LogP contribution < -0.4 is 20.1 Å². The minimum Gasteiger partial charge on any atom is -0.346 e. The molecule has 2 saturated carbocycles. The van der Waals surface area contributed by atoms with Crippen LogP contribution in [0.1, 0.15) is 106 Å². The summed E-state index contributed by atoms with van der Waals surface area (Å²) in [6.07, 6.45) is 5.62. The zero-order valence-electron chi connectivity index (χ0n) is 29.7. The Kier molecular flexibility index (Phi) is 11.5. The third-order valence-corrected chi connectivity index (χ3v) is 13.3. The lowest BCUT2D eigenvalue weighted by molar-refractivity contribution is 0.0908. The molecule has 0 aliphatic heterocycles. The maximum Gasteiger partial charge on any atom is 0.270 e. The zero-order chi connectivity index (χ0) is 36.4. The molecular weight excluding hydrogens is 675 g/mol. The van der Waals surface area contributed by atoms with Crippen molar-refractivity contribution in [2.75, 3.05) is 0 Å². The van der Waals surface area contributed by atoms with Crippen molar-refractivity contribution >= 4 is 31.9 Å². The van der Waals surface area contributed by atoms with Gasteiger partial charge in [0.2, 0.25) is 20.0 Å². The van der Waals surface area contributed by atoms with Gasteiger partial charge >= 0.3 is 0 Å². The fraction of sp³-hybridized carbons (Fsp3) is 0.486. The molecule has 0 spiro atoms. The maximum atomic E-state index is 13.5. The van der Waals surface area contributed by atoms with E-state index in [0.717, 1.165) is 36.8 Å². The Morgan fingerprint density at radius 3 is 1.22 bits per heavy atom. The minimum atomic E-state index is -3.85. The van der Waals surface area contributed by atoms with Crippen molar-refractivity contribution in [3.05, 3.63) is 87.2 Å². The number of aromatic nitrogens is 1. The quantitative estimate of drug-likeness (QED) is 0.230. The van der Waals surface area contributed by atoms with E-state index in [0.29, 0.717) is 47.9 Å². The Bertz CT molecular complexity index is 1810. The third kappa shape index (κ3) is 8.62. The standard InChI is InChI=1S/C37H49N5O6S2/c1-22-18-24(3)34(25(4)19-22)49(45,46)41-30-14-9-7-12-28(30)39-36(43)32-16-11-17-33(38-32)37(44)40-29-13-8-10-15-31(29)42-50(47,48)35-26(5)20-23(2)21-27(35)6/h11,16-21,28-31,41-42H,7-10,12-15H2,1-6H3,(H,39,43)(H,40,44)/t28-,29-,30-,31-/m1/s1. The Labute approximate surface area is 296 Å². The molecule has 1 aromatic heterocycles. The van der Waals surface area contributed by atoms with Crippen LogP contribution >= 0.6 is 0 Å². The largest absolute Gasteiger partial charge is 0.346 e. The molecular formula is C37H49N5O6S2. The molecule has 50 heavy (non-hydrogen) atoms. The molecule has 0 bridgehead atoms. The molecule has 2 aliphatic carbocycles. The first-order valence-electron chi connectivity index (χ1n) is 17.3. The summed E-state index contributed by atoms with van der Waals surface area (Å²) in [4.78, 5) is 31.8. The molecule has 5 rings (SSSR count). The topological polar surface area (TPSA) is 163 Å². The van der Waals surface area contributed by atoms with Gasteiger partial charge in [0.25, 0.3) is 11.8 Å². The highest BCUT2D eigenvalue weighted by Crippen LogP contribution is 2.27. The summed E-state index contributed by atoms with van der Waals surface area (Å²) in [5, 5.41) is 5.94. The van der Waals surface area contributed by atoms with E-state index < -0.39 is 56.0 Å². The third-order valence-electron chi connectivity index (χ3n) is 9.74. The van der Waals surface area contributed by atoms with Crippen molar-refractivity contribution in [1.29, 1.82) is 0 Å². The van der Waals surface area contributed by atoms with Gasteiger partial charge in [-0.15, -0.1) is 0 Å². The molecule has 270 valence electrons. The summed E-state index contributed by atoms with van der Waals surface area (Å²) in [6, 6.07) is 10.0. The molecule has 2 amide bonds. The van der Waals surface area contributed by atoms with Gasteiger partial charge in [-0.3, -0.25) is 9.59 Å². The SMILES string of the molecule is Cc1cc(C)c(S(=O)(=O)N[C@@H]2CCCC[C@H]2NC(=O)c2cccc(C(=O)N[C@@H]3CCCC[C@H]3NS(=O)(=O)c3c(C)cc(C)cc3C)n2)c(C)c1. The Balaban J connectivity index is 1.27. The van der Waals surface area contributed by atoms with Crippen molar-refractivity contribution in [3.8, 4) is 0 Å². The molecule has 2 fully saturated rings. The van der Waals surface area contributed by atoms with Crippen LogP contribution in [0.25, 0.3) is 0 Å². The van der Waals surface area contributed by atoms with E-state index in [1.165, 1.54) is 12.1 Å². The first kappa shape index (κ1) is 37.6. The van der Waals surface area contributed by atoms with Crippen LogP contribution in [-0.4, -0.2) is 57.8 Å². The van der Waals surface area contributed by atoms with Gasteiger partial charge in [-0.2, -0.15) is 0 Å². The lowest BCUT2D eigenvalue weighted by atomic mass is 9.91. The molecule has 13 heteroatoms. The van der Waals surface area contributed by atoms with E-state index in [2.05, 4.69) is 25.1 Å². The Morgan fingerprint density at radius 2 is 0.880 bits per heavy atom. The molecule has 0 radical (unpaired) electrons. The van der Waals surface area contributed by atoms with E-state index in [1.807, 2.05) is 38.1 Å². The van der Waals surface area contributed by atoms with Gasteiger partial charge in [0.15, 0.2) is 0 Å². The number of carbonyl (C=O) groups is 2. The van der Waals surface area contributed by atoms with Gasteiger partial charge in [-0.1, -0.05) is 67.1 Å². The summed E-state index contributed by atoms with van der Waals surface area (Å²) >= 11 is 0. The molecule has 3 aromatic rings. The van der Waals surface area contributed by atoms with E-state index >= 15 is 0 Å². The fourth-order valence-corrected chi connectivity index (χ4v) is 11.3. The van der Waals surface area contributed by atoms with Crippen LogP contribution in [0.2, 0.25) is 0 Å². The van der Waals surface area contributed by atoms with Crippen LogP contribution in [-0.2, 0) is 20.0 Å². The number of aryl methyl sites for hydroxylation is 6. The second kappa shape index (κ2) is 15.3. The molecule has 0 unspecified atom stereocenters. The number of benzene rings is 2. The molecule has 2 aliphatic rings. The number of hydrogen-bond acceptors (Lipinski definition) is 7. The van der Waals surface area contributed by atoms with Gasteiger partial charge in [0, 0.05) is 24.2 Å². The van der Waals surface area contributed by atoms with Crippen LogP contribution in [0.15, 0.2) is 52.3 Å². The summed E-state index contributed by atoms with van der Waals surface area (Å²) in [5.41, 5.74) is 4.69. The first-order chi connectivity index (χ1) is 23.6. The lowest BCUT2D eigenvalue weighted by Crippen LogP contribution is -2.53. The second-order valence-corrected chi connectivity index (χ2v) is 17.3.